The van der Waals surface area contributed by atoms with Crippen molar-refractivity contribution >= 4 is 16.8 Å². The summed E-state index contributed by atoms with van der Waals surface area (Å²) in [6.07, 6.45) is 1.74. The fourth-order valence-corrected chi connectivity index (χ4v) is 2.79. The van der Waals surface area contributed by atoms with Gasteiger partial charge >= 0.3 is 0 Å². The van der Waals surface area contributed by atoms with Crippen molar-refractivity contribution in [2.75, 3.05) is 0 Å². The topological polar surface area (TPSA) is 79.9 Å². The summed E-state index contributed by atoms with van der Waals surface area (Å²) >= 11 is 0. The Kier molecular flexibility index (Phi) is 4.78. The third kappa shape index (κ3) is 3.95. The summed E-state index contributed by atoms with van der Waals surface area (Å²) in [6.45, 7) is 0.788. The molecule has 0 saturated carbocycles. The minimum absolute atomic E-state index is 0.216. The molecule has 2 N–H and O–H groups in total. The first-order chi connectivity index (χ1) is 13.3. The quantitative estimate of drug-likeness (QED) is 0.553. The molecule has 0 bridgehead atoms. The van der Waals surface area contributed by atoms with Crippen LogP contribution < -0.4 is 10.1 Å². The van der Waals surface area contributed by atoms with Gasteiger partial charge in [0.15, 0.2) is 5.69 Å². The zero-order valence-corrected chi connectivity index (χ0v) is 14.6. The second-order valence-electron chi connectivity index (χ2n) is 6.06. The van der Waals surface area contributed by atoms with Crippen molar-refractivity contribution in [3.05, 3.63) is 89.9 Å². The lowest BCUT2D eigenvalue weighted by Gasteiger charge is -2.08. The summed E-state index contributed by atoms with van der Waals surface area (Å²) in [5.74, 6) is 0.518. The van der Waals surface area contributed by atoms with E-state index in [2.05, 4.69) is 20.5 Å². The Bertz CT molecular complexity index is 1060. The lowest BCUT2D eigenvalue weighted by molar-refractivity contribution is 0.0947. The SMILES string of the molecule is O=C(NCc1cccc(OCc2ccccn2)c1)c1n[nH]c2ccccc12. The monoisotopic (exact) mass is 358 g/mol. The minimum atomic E-state index is -0.216. The molecular weight excluding hydrogens is 340 g/mol. The number of H-pyrrole nitrogens is 1. The third-order valence-corrected chi connectivity index (χ3v) is 4.15. The molecule has 134 valence electrons. The minimum Gasteiger partial charge on any atom is -0.487 e. The summed E-state index contributed by atoms with van der Waals surface area (Å²) in [7, 11) is 0. The van der Waals surface area contributed by atoms with Crippen LogP contribution in [-0.2, 0) is 13.2 Å². The number of para-hydroxylation sites is 1. The van der Waals surface area contributed by atoms with Crippen molar-refractivity contribution in [3.8, 4) is 5.75 Å². The smallest absolute Gasteiger partial charge is 0.272 e. The maximum atomic E-state index is 12.5. The molecule has 0 fully saturated rings. The van der Waals surface area contributed by atoms with Crippen molar-refractivity contribution in [2.45, 2.75) is 13.2 Å². The van der Waals surface area contributed by atoms with Crippen molar-refractivity contribution in [2.24, 2.45) is 0 Å². The molecule has 0 saturated heterocycles. The van der Waals surface area contributed by atoms with E-state index in [4.69, 9.17) is 4.74 Å². The molecule has 0 radical (unpaired) electrons. The molecule has 0 aliphatic carbocycles. The van der Waals surface area contributed by atoms with Gasteiger partial charge in [-0.1, -0.05) is 36.4 Å². The first-order valence-corrected chi connectivity index (χ1v) is 8.62. The Labute approximate surface area is 156 Å². The van der Waals surface area contributed by atoms with Crippen molar-refractivity contribution in [3.63, 3.8) is 0 Å². The molecule has 0 spiro atoms. The summed E-state index contributed by atoms with van der Waals surface area (Å²) in [6, 6.07) is 20.9. The highest BCUT2D eigenvalue weighted by Crippen LogP contribution is 2.17. The van der Waals surface area contributed by atoms with E-state index in [9.17, 15) is 4.79 Å². The highest BCUT2D eigenvalue weighted by atomic mass is 16.5. The fraction of sp³-hybridized carbons (Fsp3) is 0.0952. The number of rotatable bonds is 6. The van der Waals surface area contributed by atoms with Gasteiger partial charge in [-0.2, -0.15) is 5.10 Å². The van der Waals surface area contributed by atoms with Crippen molar-refractivity contribution in [1.82, 2.24) is 20.5 Å². The third-order valence-electron chi connectivity index (χ3n) is 4.15. The molecule has 27 heavy (non-hydrogen) atoms. The molecule has 1 amide bonds. The normalized spacial score (nSPS) is 10.7. The van der Waals surface area contributed by atoms with Crippen LogP contribution in [0.4, 0.5) is 0 Å². The fourth-order valence-electron chi connectivity index (χ4n) is 2.79. The number of nitrogens with one attached hydrogen (secondary N) is 2. The first kappa shape index (κ1) is 16.8. The summed E-state index contributed by atoms with van der Waals surface area (Å²) in [5.41, 5.74) is 3.05. The van der Waals surface area contributed by atoms with Gasteiger partial charge in [-0.25, -0.2) is 0 Å². The molecule has 6 heteroatoms. The van der Waals surface area contributed by atoms with E-state index < -0.39 is 0 Å². The number of fused-ring (bicyclic) bond motifs is 1. The number of ether oxygens (including phenoxy) is 1. The van der Waals surface area contributed by atoms with Crippen LogP contribution in [0.25, 0.3) is 10.9 Å². The van der Waals surface area contributed by atoms with Gasteiger partial charge in [-0.15, -0.1) is 0 Å². The van der Waals surface area contributed by atoms with Gasteiger partial charge in [-0.05, 0) is 35.9 Å². The molecule has 0 atom stereocenters. The standard InChI is InChI=1S/C21H18N4O2/c26-21(20-18-9-1-2-10-19(18)24-25-20)23-13-15-6-5-8-17(12-15)27-14-16-7-3-4-11-22-16/h1-12H,13-14H2,(H,23,26)(H,24,25). The lowest BCUT2D eigenvalue weighted by Crippen LogP contribution is -2.23. The van der Waals surface area contributed by atoms with Crippen LogP contribution in [0.2, 0.25) is 0 Å². The molecule has 2 aromatic carbocycles. The highest BCUT2D eigenvalue weighted by molar-refractivity contribution is 6.04. The van der Waals surface area contributed by atoms with Crippen LogP contribution in [0, 0.1) is 0 Å². The number of nitrogens with zero attached hydrogens (tertiary/aromatic N) is 2. The average molecular weight is 358 g/mol. The second-order valence-corrected chi connectivity index (χ2v) is 6.06. The number of carbonyl (C=O) groups excluding carboxylic acids is 1. The summed E-state index contributed by atoms with van der Waals surface area (Å²) in [4.78, 5) is 16.7. The molecule has 0 unspecified atom stereocenters. The van der Waals surface area contributed by atoms with Gasteiger partial charge in [0.1, 0.15) is 12.4 Å². The largest absolute Gasteiger partial charge is 0.487 e. The van der Waals surface area contributed by atoms with E-state index in [0.717, 1.165) is 27.9 Å². The zero-order valence-electron chi connectivity index (χ0n) is 14.6. The predicted octanol–water partition coefficient (Wildman–Crippen LogP) is 3.47. The number of aromatic nitrogens is 3. The Morgan fingerprint density at radius 2 is 1.93 bits per heavy atom. The van der Waals surface area contributed by atoms with Crippen LogP contribution >= 0.6 is 0 Å². The zero-order chi connectivity index (χ0) is 18.5. The second kappa shape index (κ2) is 7.70. The number of hydrogen-bond acceptors (Lipinski definition) is 4. The molecule has 0 aliphatic rings. The maximum Gasteiger partial charge on any atom is 0.272 e. The van der Waals surface area contributed by atoms with E-state index in [1.54, 1.807) is 6.20 Å². The van der Waals surface area contributed by atoms with Crippen LogP contribution in [-0.4, -0.2) is 21.1 Å². The van der Waals surface area contributed by atoms with E-state index in [-0.39, 0.29) is 5.91 Å². The van der Waals surface area contributed by atoms with Crippen LogP contribution in [0.15, 0.2) is 72.9 Å². The van der Waals surface area contributed by atoms with Gasteiger partial charge in [0.2, 0.25) is 0 Å². The van der Waals surface area contributed by atoms with Crippen molar-refractivity contribution < 1.29 is 9.53 Å². The first-order valence-electron chi connectivity index (χ1n) is 8.62. The molecule has 4 rings (SSSR count). The molecule has 0 aliphatic heterocycles. The van der Waals surface area contributed by atoms with E-state index in [1.807, 2.05) is 66.7 Å². The Morgan fingerprint density at radius 1 is 1.04 bits per heavy atom. The Balaban J connectivity index is 1.39. The Hall–Kier alpha value is -3.67. The lowest BCUT2D eigenvalue weighted by atomic mass is 10.2. The average Bonchev–Trinajstić information content (AvgIpc) is 3.16. The van der Waals surface area contributed by atoms with Gasteiger partial charge in [0, 0.05) is 18.1 Å². The number of amides is 1. The maximum absolute atomic E-state index is 12.5. The van der Waals surface area contributed by atoms with E-state index in [1.165, 1.54) is 0 Å². The molecule has 2 aromatic heterocycles. The van der Waals surface area contributed by atoms with Gasteiger partial charge in [0.25, 0.3) is 5.91 Å². The number of carbonyl (C=O) groups is 1. The predicted molar refractivity (Wildman–Crippen MR) is 102 cm³/mol. The Morgan fingerprint density at radius 3 is 2.81 bits per heavy atom. The van der Waals surface area contributed by atoms with Crippen LogP contribution in [0.3, 0.4) is 0 Å². The molecule has 4 aromatic rings. The van der Waals surface area contributed by atoms with Gasteiger partial charge in [0.05, 0.1) is 11.2 Å². The highest BCUT2D eigenvalue weighted by Gasteiger charge is 2.13. The number of benzene rings is 2. The van der Waals surface area contributed by atoms with Crippen molar-refractivity contribution in [1.29, 1.82) is 0 Å². The summed E-state index contributed by atoms with van der Waals surface area (Å²) in [5, 5.41) is 10.7. The van der Waals surface area contributed by atoms with Gasteiger partial charge < -0.3 is 10.1 Å². The summed E-state index contributed by atoms with van der Waals surface area (Å²) < 4.78 is 5.78. The van der Waals surface area contributed by atoms with Gasteiger partial charge in [-0.3, -0.25) is 14.9 Å². The van der Waals surface area contributed by atoms with E-state index in [0.29, 0.717) is 18.8 Å². The van der Waals surface area contributed by atoms with Crippen LogP contribution in [0.1, 0.15) is 21.7 Å². The number of hydrogen-bond donors (Lipinski definition) is 2. The van der Waals surface area contributed by atoms with Crippen LogP contribution in [0.5, 0.6) is 5.75 Å². The van der Waals surface area contributed by atoms with E-state index >= 15 is 0 Å². The molecule has 6 nitrogen and oxygen atoms in total. The molecular formula is C21H18N4O2. The number of aromatic amines is 1. The molecule has 2 heterocycles. The number of pyridine rings is 1.